The molecule has 188 valence electrons. The molecular weight excluding hydrogens is 388 g/mol. The van der Waals surface area contributed by atoms with Crippen molar-refractivity contribution >= 4 is 0 Å². The van der Waals surface area contributed by atoms with Gasteiger partial charge in [-0.05, 0) is 32.1 Å². The van der Waals surface area contributed by atoms with Gasteiger partial charge in [0, 0.05) is 6.42 Å². The quantitative estimate of drug-likeness (QED) is 0.110. The van der Waals surface area contributed by atoms with Crippen molar-refractivity contribution < 1.29 is 4.57 Å². The van der Waals surface area contributed by atoms with Gasteiger partial charge in [-0.1, -0.05) is 124 Å². The highest BCUT2D eigenvalue weighted by Crippen LogP contribution is 2.13. The van der Waals surface area contributed by atoms with Crippen LogP contribution in [0, 0.1) is 0 Å². The summed E-state index contributed by atoms with van der Waals surface area (Å²) in [5, 5.41) is 0. The summed E-state index contributed by atoms with van der Waals surface area (Å²) in [6.07, 6.45) is 35.5. The Labute approximate surface area is 202 Å². The number of imidazole rings is 1. The second-order valence-electron chi connectivity index (χ2n) is 10.2. The lowest BCUT2D eigenvalue weighted by atomic mass is 10.1. The van der Waals surface area contributed by atoms with Gasteiger partial charge in [-0.3, -0.25) is 0 Å². The van der Waals surface area contributed by atoms with Crippen molar-refractivity contribution in [2.24, 2.45) is 0 Å². The number of hydrogen-bond donors (Lipinski definition) is 0. The Balaban J connectivity index is 2.29. The van der Waals surface area contributed by atoms with Crippen molar-refractivity contribution in [1.82, 2.24) is 4.57 Å². The van der Waals surface area contributed by atoms with E-state index in [1.54, 1.807) is 5.82 Å². The Kier molecular flexibility index (Phi) is 20.1. The minimum Gasteiger partial charge on any atom is -0.234 e. The number of unbranched alkanes of at least 4 members (excludes halogenated alkanes) is 18. The van der Waals surface area contributed by atoms with Crippen LogP contribution in [0.1, 0.15) is 161 Å². The first kappa shape index (κ1) is 29.2. The van der Waals surface area contributed by atoms with Gasteiger partial charge in [-0.2, -0.15) is 0 Å². The highest BCUT2D eigenvalue weighted by atomic mass is 15.1. The van der Waals surface area contributed by atoms with Crippen LogP contribution in [0.3, 0.4) is 0 Å². The van der Waals surface area contributed by atoms with Gasteiger partial charge in [-0.15, -0.1) is 0 Å². The molecule has 1 heterocycles. The van der Waals surface area contributed by atoms with Crippen LogP contribution < -0.4 is 4.57 Å². The van der Waals surface area contributed by atoms with Gasteiger partial charge in [0.05, 0.1) is 13.1 Å². The van der Waals surface area contributed by atoms with E-state index >= 15 is 0 Å². The highest BCUT2D eigenvalue weighted by Gasteiger charge is 2.16. The molecule has 0 saturated carbocycles. The normalized spacial score (nSPS) is 11.5. The average molecular weight is 448 g/mol. The summed E-state index contributed by atoms with van der Waals surface area (Å²) in [6, 6.07) is 0. The molecule has 1 aromatic rings. The van der Waals surface area contributed by atoms with Gasteiger partial charge in [0.2, 0.25) is 0 Å². The van der Waals surface area contributed by atoms with Crippen molar-refractivity contribution in [3.05, 3.63) is 18.2 Å². The minimum absolute atomic E-state index is 1.21. The molecule has 0 bridgehead atoms. The van der Waals surface area contributed by atoms with Crippen molar-refractivity contribution in [3.8, 4) is 0 Å². The SMILES string of the molecule is CCCCCCCCCCCCc1n(CCCCCCCCCC)cc[n+]1CCCCC. The summed E-state index contributed by atoms with van der Waals surface area (Å²) in [5.74, 6) is 1.60. The van der Waals surface area contributed by atoms with E-state index in [-0.39, 0.29) is 0 Å². The van der Waals surface area contributed by atoms with Crippen LogP contribution in [0.25, 0.3) is 0 Å². The Hall–Kier alpha value is -0.790. The third-order valence-electron chi connectivity index (χ3n) is 7.10. The molecule has 0 aliphatic heterocycles. The lowest BCUT2D eigenvalue weighted by molar-refractivity contribution is -0.704. The first-order valence-electron chi connectivity index (χ1n) is 14.9. The number of hydrogen-bond acceptors (Lipinski definition) is 0. The lowest BCUT2D eigenvalue weighted by Crippen LogP contribution is -2.37. The molecule has 0 aliphatic carbocycles. The van der Waals surface area contributed by atoms with Crippen LogP contribution >= 0.6 is 0 Å². The number of nitrogens with zero attached hydrogens (tertiary/aromatic N) is 2. The fourth-order valence-corrected chi connectivity index (χ4v) is 4.91. The average Bonchev–Trinajstić information content (AvgIpc) is 3.18. The smallest absolute Gasteiger partial charge is 0.234 e. The third kappa shape index (κ3) is 15.1. The number of rotatable bonds is 24. The van der Waals surface area contributed by atoms with E-state index in [0.29, 0.717) is 0 Å². The second-order valence-corrected chi connectivity index (χ2v) is 10.2. The van der Waals surface area contributed by atoms with Gasteiger partial charge in [0.25, 0.3) is 5.82 Å². The zero-order chi connectivity index (χ0) is 23.1. The first-order valence-corrected chi connectivity index (χ1v) is 14.9. The fourth-order valence-electron chi connectivity index (χ4n) is 4.91. The molecule has 0 saturated heterocycles. The zero-order valence-corrected chi connectivity index (χ0v) is 22.5. The molecule has 0 spiro atoms. The molecule has 0 unspecified atom stereocenters. The molecule has 0 fully saturated rings. The monoisotopic (exact) mass is 447 g/mol. The van der Waals surface area contributed by atoms with Gasteiger partial charge < -0.3 is 0 Å². The molecule has 0 radical (unpaired) electrons. The molecule has 1 aromatic heterocycles. The summed E-state index contributed by atoms with van der Waals surface area (Å²) >= 11 is 0. The fraction of sp³-hybridized carbons (Fsp3) is 0.900. The summed E-state index contributed by atoms with van der Waals surface area (Å²) in [5.41, 5.74) is 0. The molecule has 0 amide bonds. The summed E-state index contributed by atoms with van der Waals surface area (Å²) in [4.78, 5) is 0. The number of aromatic nitrogens is 2. The van der Waals surface area contributed by atoms with Crippen LogP contribution in [0.2, 0.25) is 0 Å². The molecule has 0 aliphatic rings. The molecule has 1 rings (SSSR count). The third-order valence-corrected chi connectivity index (χ3v) is 7.10. The molecular formula is C30H59N2+. The predicted molar refractivity (Wildman–Crippen MR) is 142 cm³/mol. The van der Waals surface area contributed by atoms with E-state index in [1.807, 2.05) is 0 Å². The van der Waals surface area contributed by atoms with Crippen molar-refractivity contribution in [1.29, 1.82) is 0 Å². The van der Waals surface area contributed by atoms with Crippen LogP contribution in [0.4, 0.5) is 0 Å². The predicted octanol–water partition coefficient (Wildman–Crippen LogP) is 9.57. The van der Waals surface area contributed by atoms with Crippen LogP contribution in [0.5, 0.6) is 0 Å². The van der Waals surface area contributed by atoms with E-state index in [1.165, 1.54) is 154 Å². The van der Waals surface area contributed by atoms with Gasteiger partial charge in [0.15, 0.2) is 0 Å². The molecule has 32 heavy (non-hydrogen) atoms. The first-order chi connectivity index (χ1) is 15.8. The van der Waals surface area contributed by atoms with E-state index in [4.69, 9.17) is 0 Å². The van der Waals surface area contributed by atoms with E-state index in [2.05, 4.69) is 42.3 Å². The largest absolute Gasteiger partial charge is 0.256 e. The molecule has 0 N–H and O–H groups in total. The molecule has 0 aromatic carbocycles. The number of aryl methyl sites for hydroxylation is 2. The Morgan fingerprint density at radius 3 is 1.50 bits per heavy atom. The molecule has 0 atom stereocenters. The van der Waals surface area contributed by atoms with E-state index in [0.717, 1.165) is 0 Å². The Morgan fingerprint density at radius 1 is 0.531 bits per heavy atom. The van der Waals surface area contributed by atoms with Crippen LogP contribution in [-0.2, 0) is 19.5 Å². The Bertz CT molecular complexity index is 505. The van der Waals surface area contributed by atoms with E-state index < -0.39 is 0 Å². The van der Waals surface area contributed by atoms with Gasteiger partial charge in [-0.25, -0.2) is 9.13 Å². The molecule has 2 nitrogen and oxygen atoms in total. The zero-order valence-electron chi connectivity index (χ0n) is 22.5. The van der Waals surface area contributed by atoms with Crippen molar-refractivity contribution in [3.63, 3.8) is 0 Å². The maximum absolute atomic E-state index is 2.59. The Morgan fingerprint density at radius 2 is 0.969 bits per heavy atom. The summed E-state index contributed by atoms with van der Waals surface area (Å²) in [6.45, 7) is 9.36. The molecule has 2 heteroatoms. The maximum atomic E-state index is 2.59. The van der Waals surface area contributed by atoms with Crippen LogP contribution in [-0.4, -0.2) is 4.57 Å². The van der Waals surface area contributed by atoms with Crippen molar-refractivity contribution in [2.75, 3.05) is 0 Å². The van der Waals surface area contributed by atoms with Gasteiger partial charge in [0.1, 0.15) is 12.4 Å². The summed E-state index contributed by atoms with van der Waals surface area (Å²) < 4.78 is 5.17. The van der Waals surface area contributed by atoms with Crippen LogP contribution in [0.15, 0.2) is 12.4 Å². The minimum atomic E-state index is 1.21. The van der Waals surface area contributed by atoms with E-state index in [9.17, 15) is 0 Å². The van der Waals surface area contributed by atoms with Crippen molar-refractivity contribution in [2.45, 2.75) is 175 Å². The highest BCUT2D eigenvalue weighted by molar-refractivity contribution is 4.84. The second kappa shape index (κ2) is 22.0. The van der Waals surface area contributed by atoms with Gasteiger partial charge >= 0.3 is 0 Å². The summed E-state index contributed by atoms with van der Waals surface area (Å²) in [7, 11) is 0. The topological polar surface area (TPSA) is 8.81 Å². The lowest BCUT2D eigenvalue weighted by Gasteiger charge is -2.07. The maximum Gasteiger partial charge on any atom is 0.256 e. The standard InChI is InChI=1S/C30H59N2/c1-4-7-10-12-14-16-17-18-20-22-25-30-31(26-23-9-6-3)28-29-32(30)27-24-21-19-15-13-11-8-5-2/h28-29H,4-27H2,1-3H3/q+1.